The van der Waals surface area contributed by atoms with Crippen molar-refractivity contribution in [2.24, 2.45) is 11.8 Å². The Morgan fingerprint density at radius 1 is 1.27 bits per heavy atom. The van der Waals surface area contributed by atoms with Crippen molar-refractivity contribution in [3.63, 3.8) is 0 Å². The van der Waals surface area contributed by atoms with Crippen LogP contribution < -0.4 is 0 Å². The van der Waals surface area contributed by atoms with Crippen molar-refractivity contribution >= 4 is 11.9 Å². The highest BCUT2D eigenvalue weighted by Crippen LogP contribution is 2.64. The minimum atomic E-state index is -2.05. The third-order valence-electron chi connectivity index (χ3n) is 4.25. The Kier molecular flexibility index (Phi) is 3.72. The van der Waals surface area contributed by atoms with Crippen LogP contribution in [0.15, 0.2) is 42.0 Å². The molecular formula is C17H17FO4. The number of rotatable bonds is 5. The second-order valence-electron chi connectivity index (χ2n) is 5.53. The van der Waals surface area contributed by atoms with E-state index in [1.807, 2.05) is 30.3 Å². The first-order valence-electron chi connectivity index (χ1n) is 7.36. The highest BCUT2D eigenvalue weighted by atomic mass is 19.1. The fourth-order valence-corrected chi connectivity index (χ4v) is 3.09. The van der Waals surface area contributed by atoms with E-state index in [4.69, 9.17) is 9.47 Å². The maximum absolute atomic E-state index is 14.6. The molecule has 5 heteroatoms. The van der Waals surface area contributed by atoms with Gasteiger partial charge in [0.15, 0.2) is 0 Å². The molecule has 0 N–H and O–H groups in total. The van der Waals surface area contributed by atoms with Crippen LogP contribution in [0, 0.1) is 11.8 Å². The minimum Gasteiger partial charge on any atom is -0.464 e. The third-order valence-corrected chi connectivity index (χ3v) is 4.25. The Labute approximate surface area is 127 Å². The molecule has 4 nitrogen and oxygen atoms in total. The number of hydrogen-bond acceptors (Lipinski definition) is 4. The van der Waals surface area contributed by atoms with Crippen LogP contribution in [0.5, 0.6) is 0 Å². The molecule has 1 fully saturated rings. The second-order valence-corrected chi connectivity index (χ2v) is 5.53. The lowest BCUT2D eigenvalue weighted by molar-refractivity contribution is -0.152. The van der Waals surface area contributed by atoms with E-state index < -0.39 is 29.4 Å². The molecule has 0 aromatic heterocycles. The molecule has 0 aliphatic heterocycles. The average Bonchev–Trinajstić information content (AvgIpc) is 2.92. The number of fused-ring (bicyclic) bond motifs is 1. The van der Waals surface area contributed by atoms with Crippen LogP contribution >= 0.6 is 0 Å². The molecule has 0 spiro atoms. The van der Waals surface area contributed by atoms with Gasteiger partial charge in [0.05, 0.1) is 6.61 Å². The number of carbonyl (C=O) groups is 2. The molecule has 0 amide bonds. The first-order valence-corrected chi connectivity index (χ1v) is 7.36. The van der Waals surface area contributed by atoms with Gasteiger partial charge in [-0.3, -0.25) is 0 Å². The molecule has 2 aliphatic rings. The highest BCUT2D eigenvalue weighted by molar-refractivity contribution is 5.96. The van der Waals surface area contributed by atoms with Gasteiger partial charge in [-0.2, -0.15) is 0 Å². The van der Waals surface area contributed by atoms with Gasteiger partial charge in [0.2, 0.25) is 5.67 Å². The number of halogens is 1. The van der Waals surface area contributed by atoms with Gasteiger partial charge in [0, 0.05) is 17.4 Å². The van der Waals surface area contributed by atoms with Crippen molar-refractivity contribution in [3.8, 4) is 0 Å². The zero-order valence-electron chi connectivity index (χ0n) is 12.3. The van der Waals surface area contributed by atoms with Crippen LogP contribution in [-0.2, 0) is 25.7 Å². The zero-order valence-corrected chi connectivity index (χ0v) is 12.3. The Morgan fingerprint density at radius 2 is 2.00 bits per heavy atom. The van der Waals surface area contributed by atoms with Crippen LogP contribution in [-0.4, -0.2) is 24.2 Å². The van der Waals surface area contributed by atoms with Gasteiger partial charge in [-0.1, -0.05) is 36.4 Å². The molecule has 3 rings (SSSR count). The first-order chi connectivity index (χ1) is 10.6. The maximum Gasteiger partial charge on any atom is 0.344 e. The van der Waals surface area contributed by atoms with E-state index in [0.29, 0.717) is 6.42 Å². The van der Waals surface area contributed by atoms with Crippen LogP contribution in [0.3, 0.4) is 0 Å². The van der Waals surface area contributed by atoms with E-state index in [1.165, 1.54) is 0 Å². The summed E-state index contributed by atoms with van der Waals surface area (Å²) in [6, 6.07) is 9.25. The number of allylic oxidation sites excluding steroid dienone is 1. The van der Waals surface area contributed by atoms with E-state index in [1.54, 1.807) is 13.0 Å². The number of ether oxygens (including phenoxy) is 2. The molecule has 1 saturated carbocycles. The number of benzene rings is 1. The SMILES string of the molecule is CCOC(=O)[C@@]1(F)[C@@H]2CC=C(C(=O)OCc3ccccc3)[C@@H]21. The lowest BCUT2D eigenvalue weighted by Gasteiger charge is -2.11. The molecule has 0 unspecified atom stereocenters. The lowest BCUT2D eigenvalue weighted by Crippen LogP contribution is -2.27. The van der Waals surface area contributed by atoms with Gasteiger partial charge in [0.25, 0.3) is 0 Å². The molecule has 1 aromatic rings. The summed E-state index contributed by atoms with van der Waals surface area (Å²) in [5.41, 5.74) is -0.929. The van der Waals surface area contributed by atoms with Gasteiger partial charge in [-0.25, -0.2) is 14.0 Å². The minimum absolute atomic E-state index is 0.126. The van der Waals surface area contributed by atoms with Gasteiger partial charge in [0.1, 0.15) is 6.61 Å². The molecule has 1 aromatic carbocycles. The van der Waals surface area contributed by atoms with E-state index in [0.717, 1.165) is 5.56 Å². The predicted molar refractivity (Wildman–Crippen MR) is 76.4 cm³/mol. The molecule has 0 heterocycles. The van der Waals surface area contributed by atoms with Crippen molar-refractivity contribution in [3.05, 3.63) is 47.5 Å². The Bertz CT molecular complexity index is 625. The molecule has 0 bridgehead atoms. The van der Waals surface area contributed by atoms with Crippen molar-refractivity contribution in [1.82, 2.24) is 0 Å². The normalized spacial score (nSPS) is 28.5. The molecule has 22 heavy (non-hydrogen) atoms. The van der Waals surface area contributed by atoms with Crippen LogP contribution in [0.1, 0.15) is 18.9 Å². The van der Waals surface area contributed by atoms with Crippen molar-refractivity contribution in [2.75, 3.05) is 6.61 Å². The summed E-state index contributed by atoms with van der Waals surface area (Å²) in [4.78, 5) is 23.8. The quantitative estimate of drug-likeness (QED) is 0.785. The Morgan fingerprint density at radius 3 is 2.68 bits per heavy atom. The van der Waals surface area contributed by atoms with Crippen molar-refractivity contribution < 1.29 is 23.5 Å². The zero-order chi connectivity index (χ0) is 15.7. The fourth-order valence-electron chi connectivity index (χ4n) is 3.09. The first kappa shape index (κ1) is 14.8. The summed E-state index contributed by atoms with van der Waals surface area (Å²) in [5.74, 6) is -2.62. The average molecular weight is 304 g/mol. The highest BCUT2D eigenvalue weighted by Gasteiger charge is 2.75. The number of hydrogen-bond donors (Lipinski definition) is 0. The molecular weight excluding hydrogens is 287 g/mol. The number of carbonyl (C=O) groups excluding carboxylic acids is 2. The number of alkyl halides is 1. The van der Waals surface area contributed by atoms with E-state index in [-0.39, 0.29) is 18.8 Å². The van der Waals surface area contributed by atoms with Crippen LogP contribution in [0.2, 0.25) is 0 Å². The third kappa shape index (κ3) is 2.30. The molecule has 2 aliphatic carbocycles. The second kappa shape index (κ2) is 5.55. The van der Waals surface area contributed by atoms with Gasteiger partial charge >= 0.3 is 11.9 Å². The maximum atomic E-state index is 14.6. The molecule has 3 atom stereocenters. The van der Waals surface area contributed by atoms with Crippen molar-refractivity contribution in [1.29, 1.82) is 0 Å². The summed E-state index contributed by atoms with van der Waals surface area (Å²) in [7, 11) is 0. The summed E-state index contributed by atoms with van der Waals surface area (Å²) < 4.78 is 24.6. The van der Waals surface area contributed by atoms with Gasteiger partial charge in [-0.15, -0.1) is 0 Å². The number of esters is 2. The topological polar surface area (TPSA) is 52.6 Å². The van der Waals surface area contributed by atoms with E-state index in [9.17, 15) is 14.0 Å². The van der Waals surface area contributed by atoms with E-state index in [2.05, 4.69) is 0 Å². The summed E-state index contributed by atoms with van der Waals surface area (Å²) >= 11 is 0. The molecule has 0 radical (unpaired) electrons. The lowest BCUT2D eigenvalue weighted by atomic mass is 10.1. The monoisotopic (exact) mass is 304 g/mol. The summed E-state index contributed by atoms with van der Waals surface area (Å²) in [5, 5.41) is 0. The van der Waals surface area contributed by atoms with E-state index >= 15 is 0 Å². The Balaban J connectivity index is 1.62. The predicted octanol–water partition coefficient (Wildman–Crippen LogP) is 2.58. The largest absolute Gasteiger partial charge is 0.464 e. The van der Waals surface area contributed by atoms with Gasteiger partial charge < -0.3 is 9.47 Å². The molecule has 0 saturated heterocycles. The Hall–Kier alpha value is -2.17. The summed E-state index contributed by atoms with van der Waals surface area (Å²) in [6.45, 7) is 1.89. The standard InChI is InChI=1S/C17H17FO4/c1-2-21-16(20)17(18)13-9-8-12(14(13)17)15(19)22-10-11-6-4-3-5-7-11/h3-8,13-14H,2,9-10H2,1H3/t13-,14+,17-/m1/s1. The van der Waals surface area contributed by atoms with Crippen molar-refractivity contribution in [2.45, 2.75) is 25.6 Å². The molecule has 116 valence electrons. The van der Waals surface area contributed by atoms with Gasteiger partial charge in [-0.05, 0) is 18.9 Å². The van der Waals surface area contributed by atoms with Crippen LogP contribution in [0.25, 0.3) is 0 Å². The summed E-state index contributed by atoms with van der Waals surface area (Å²) in [6.07, 6.45) is 2.04. The fraction of sp³-hybridized carbons (Fsp3) is 0.412. The smallest absolute Gasteiger partial charge is 0.344 e. The van der Waals surface area contributed by atoms with Crippen LogP contribution in [0.4, 0.5) is 4.39 Å².